The van der Waals surface area contributed by atoms with Crippen molar-refractivity contribution in [3.8, 4) is 5.69 Å². The lowest BCUT2D eigenvalue weighted by molar-refractivity contribution is 0.607. The predicted molar refractivity (Wildman–Crippen MR) is 65.8 cm³/mol. The molecule has 1 aromatic heterocycles. The Balaban J connectivity index is 1.83. The molecule has 1 heterocycles. The fraction of sp³-hybridized carbons (Fsp3) is 0.385. The van der Waals surface area contributed by atoms with Gasteiger partial charge in [0.2, 0.25) is 0 Å². The molecular weight excluding hydrogens is 212 g/mol. The summed E-state index contributed by atoms with van der Waals surface area (Å²) in [6.07, 6.45) is 7.68. The molecule has 0 bridgehead atoms. The molecule has 17 heavy (non-hydrogen) atoms. The second kappa shape index (κ2) is 3.96. The molecular formula is C13H16N4. The summed E-state index contributed by atoms with van der Waals surface area (Å²) >= 11 is 0. The zero-order valence-electron chi connectivity index (χ0n) is 9.71. The Labute approximate surface area is 100 Å². The van der Waals surface area contributed by atoms with Gasteiger partial charge in [0.05, 0.1) is 5.69 Å². The van der Waals surface area contributed by atoms with Crippen LogP contribution in [0.1, 0.15) is 24.8 Å². The molecule has 0 radical (unpaired) electrons. The van der Waals surface area contributed by atoms with Crippen molar-refractivity contribution in [1.29, 1.82) is 0 Å². The Morgan fingerprint density at radius 3 is 2.82 bits per heavy atom. The van der Waals surface area contributed by atoms with Gasteiger partial charge in [-0.25, -0.2) is 9.67 Å². The number of nitrogens with zero attached hydrogens (tertiary/aromatic N) is 3. The minimum absolute atomic E-state index is 0.107. The number of benzene rings is 1. The van der Waals surface area contributed by atoms with Crippen LogP contribution in [-0.2, 0) is 6.42 Å². The molecule has 2 N–H and O–H groups in total. The molecule has 1 aliphatic carbocycles. The fourth-order valence-corrected chi connectivity index (χ4v) is 2.07. The van der Waals surface area contributed by atoms with E-state index in [0.717, 1.165) is 18.5 Å². The summed E-state index contributed by atoms with van der Waals surface area (Å²) in [5.41, 5.74) is 8.63. The second-order valence-electron chi connectivity index (χ2n) is 4.83. The van der Waals surface area contributed by atoms with Gasteiger partial charge in [0.25, 0.3) is 0 Å². The van der Waals surface area contributed by atoms with Gasteiger partial charge >= 0.3 is 0 Å². The normalized spacial score (nSPS) is 17.0. The van der Waals surface area contributed by atoms with Crippen LogP contribution in [0.15, 0.2) is 36.9 Å². The van der Waals surface area contributed by atoms with Crippen LogP contribution in [-0.4, -0.2) is 20.3 Å². The maximum absolute atomic E-state index is 6.13. The number of rotatable bonds is 4. The largest absolute Gasteiger partial charge is 0.325 e. The maximum Gasteiger partial charge on any atom is 0.138 e. The molecule has 4 heteroatoms. The van der Waals surface area contributed by atoms with Crippen LogP contribution in [0.3, 0.4) is 0 Å². The monoisotopic (exact) mass is 228 g/mol. The van der Waals surface area contributed by atoms with Gasteiger partial charge in [0.15, 0.2) is 0 Å². The summed E-state index contributed by atoms with van der Waals surface area (Å²) in [6.45, 7) is 0. The van der Waals surface area contributed by atoms with E-state index < -0.39 is 0 Å². The molecule has 2 aromatic rings. The molecule has 0 unspecified atom stereocenters. The highest BCUT2D eigenvalue weighted by Gasteiger charge is 2.37. The second-order valence-corrected chi connectivity index (χ2v) is 4.83. The standard InChI is InChI=1S/C13H16N4/c14-13(7-8-13)6-5-11-3-1-2-4-12(11)17-10-15-9-16-17/h1-4,9-10H,5-8,14H2. The number of hydrogen-bond donors (Lipinski definition) is 1. The van der Waals surface area contributed by atoms with E-state index in [2.05, 4.69) is 28.3 Å². The van der Waals surface area contributed by atoms with E-state index in [-0.39, 0.29) is 5.54 Å². The molecule has 1 aliphatic rings. The van der Waals surface area contributed by atoms with E-state index in [4.69, 9.17) is 5.73 Å². The van der Waals surface area contributed by atoms with Crippen molar-refractivity contribution in [3.63, 3.8) is 0 Å². The molecule has 88 valence electrons. The lowest BCUT2D eigenvalue weighted by atomic mass is 10.0. The molecule has 0 saturated heterocycles. The Morgan fingerprint density at radius 1 is 1.29 bits per heavy atom. The Kier molecular flexibility index (Phi) is 2.44. The first-order valence-electron chi connectivity index (χ1n) is 5.99. The van der Waals surface area contributed by atoms with Crippen molar-refractivity contribution in [2.24, 2.45) is 5.73 Å². The van der Waals surface area contributed by atoms with Crippen molar-refractivity contribution in [1.82, 2.24) is 14.8 Å². The topological polar surface area (TPSA) is 56.7 Å². The number of para-hydroxylation sites is 1. The van der Waals surface area contributed by atoms with Crippen molar-refractivity contribution in [3.05, 3.63) is 42.5 Å². The van der Waals surface area contributed by atoms with E-state index in [1.165, 1.54) is 18.4 Å². The van der Waals surface area contributed by atoms with Crippen molar-refractivity contribution in [2.75, 3.05) is 0 Å². The first-order valence-corrected chi connectivity index (χ1v) is 5.99. The first kappa shape index (κ1) is 10.5. The van der Waals surface area contributed by atoms with Crippen molar-refractivity contribution < 1.29 is 0 Å². The van der Waals surface area contributed by atoms with E-state index in [0.29, 0.717) is 0 Å². The zero-order chi connectivity index (χ0) is 11.7. The fourth-order valence-electron chi connectivity index (χ4n) is 2.07. The SMILES string of the molecule is NC1(CCc2ccccc2-n2cncn2)CC1. The summed E-state index contributed by atoms with van der Waals surface area (Å²) in [5, 5.41) is 4.18. The molecule has 1 fully saturated rings. The summed E-state index contributed by atoms with van der Waals surface area (Å²) in [7, 11) is 0. The van der Waals surface area contributed by atoms with Gasteiger partial charge in [-0.1, -0.05) is 18.2 Å². The smallest absolute Gasteiger partial charge is 0.138 e. The molecule has 4 nitrogen and oxygen atoms in total. The number of aromatic nitrogens is 3. The van der Waals surface area contributed by atoms with Crippen LogP contribution in [0, 0.1) is 0 Å². The van der Waals surface area contributed by atoms with Gasteiger partial charge in [0.1, 0.15) is 12.7 Å². The lowest BCUT2D eigenvalue weighted by Crippen LogP contribution is -2.22. The molecule has 0 atom stereocenters. The molecule has 1 saturated carbocycles. The van der Waals surface area contributed by atoms with Crippen LogP contribution in [0.2, 0.25) is 0 Å². The molecule has 0 aliphatic heterocycles. The van der Waals surface area contributed by atoms with Gasteiger partial charge < -0.3 is 5.73 Å². The summed E-state index contributed by atoms with van der Waals surface area (Å²) in [6, 6.07) is 8.30. The third-order valence-corrected chi connectivity index (χ3v) is 3.44. The zero-order valence-corrected chi connectivity index (χ0v) is 9.71. The van der Waals surface area contributed by atoms with Gasteiger partial charge in [-0.3, -0.25) is 0 Å². The maximum atomic E-state index is 6.13. The molecule has 0 spiro atoms. The first-order chi connectivity index (χ1) is 8.27. The van der Waals surface area contributed by atoms with Crippen molar-refractivity contribution >= 4 is 0 Å². The summed E-state index contributed by atoms with van der Waals surface area (Å²) in [4.78, 5) is 3.99. The Morgan fingerprint density at radius 2 is 2.12 bits per heavy atom. The van der Waals surface area contributed by atoms with E-state index in [9.17, 15) is 0 Å². The number of aryl methyl sites for hydroxylation is 1. The van der Waals surface area contributed by atoms with Gasteiger partial charge in [-0.05, 0) is 37.3 Å². The van der Waals surface area contributed by atoms with Crippen LogP contribution < -0.4 is 5.73 Å². The van der Waals surface area contributed by atoms with Crippen LogP contribution in [0.4, 0.5) is 0 Å². The average Bonchev–Trinajstić information content (AvgIpc) is 2.88. The third-order valence-electron chi connectivity index (χ3n) is 3.44. The minimum atomic E-state index is 0.107. The van der Waals surface area contributed by atoms with E-state index in [1.54, 1.807) is 12.7 Å². The van der Waals surface area contributed by atoms with Crippen LogP contribution >= 0.6 is 0 Å². The van der Waals surface area contributed by atoms with Gasteiger partial charge in [-0.15, -0.1) is 0 Å². The quantitative estimate of drug-likeness (QED) is 0.866. The Bertz CT molecular complexity index is 500. The lowest BCUT2D eigenvalue weighted by Gasteiger charge is -2.11. The highest BCUT2D eigenvalue weighted by atomic mass is 15.3. The summed E-state index contributed by atoms with van der Waals surface area (Å²) < 4.78 is 1.81. The molecule has 1 aromatic carbocycles. The number of hydrogen-bond acceptors (Lipinski definition) is 3. The molecule has 0 amide bonds. The van der Waals surface area contributed by atoms with Crippen LogP contribution in [0.25, 0.3) is 5.69 Å². The summed E-state index contributed by atoms with van der Waals surface area (Å²) in [5.74, 6) is 0. The van der Waals surface area contributed by atoms with E-state index in [1.807, 2.05) is 10.7 Å². The Hall–Kier alpha value is -1.68. The van der Waals surface area contributed by atoms with E-state index >= 15 is 0 Å². The highest BCUT2D eigenvalue weighted by Crippen LogP contribution is 2.36. The van der Waals surface area contributed by atoms with Crippen LogP contribution in [0.5, 0.6) is 0 Å². The molecule has 3 rings (SSSR count). The minimum Gasteiger partial charge on any atom is -0.325 e. The number of nitrogens with two attached hydrogens (primary N) is 1. The van der Waals surface area contributed by atoms with Gasteiger partial charge in [-0.2, -0.15) is 5.10 Å². The third kappa shape index (κ3) is 2.22. The predicted octanol–water partition coefficient (Wildman–Crippen LogP) is 1.69. The van der Waals surface area contributed by atoms with Crippen molar-refractivity contribution in [2.45, 2.75) is 31.2 Å². The van der Waals surface area contributed by atoms with Gasteiger partial charge in [0, 0.05) is 5.54 Å². The average molecular weight is 228 g/mol. The highest BCUT2D eigenvalue weighted by molar-refractivity contribution is 5.40.